The Kier molecular flexibility index (Phi) is 7.43. The minimum atomic E-state index is -0.894. The maximum Gasteiger partial charge on any atom is 0.230 e. The molecule has 0 saturated carbocycles. The lowest BCUT2D eigenvalue weighted by atomic mass is 10.3. The predicted octanol–water partition coefficient (Wildman–Crippen LogP) is 2.17. The average Bonchev–Trinajstić information content (AvgIpc) is 2.40. The van der Waals surface area contributed by atoms with Gasteiger partial charge in [0.25, 0.3) is 0 Å². The van der Waals surface area contributed by atoms with Crippen molar-refractivity contribution in [2.45, 2.75) is 18.2 Å². The highest BCUT2D eigenvalue weighted by Crippen LogP contribution is 2.19. The summed E-state index contributed by atoms with van der Waals surface area (Å²) in [7, 11) is 0. The number of rotatable bonds is 8. The van der Waals surface area contributed by atoms with Crippen LogP contribution in [0.5, 0.6) is 0 Å². The van der Waals surface area contributed by atoms with Crippen LogP contribution in [-0.4, -0.2) is 31.3 Å². The zero-order chi connectivity index (χ0) is 14.1. The van der Waals surface area contributed by atoms with Gasteiger partial charge in [-0.2, -0.15) is 0 Å². The first-order chi connectivity index (χ1) is 9.13. The van der Waals surface area contributed by atoms with Crippen molar-refractivity contribution in [1.82, 2.24) is 10.6 Å². The maximum atomic E-state index is 12.9. The minimum absolute atomic E-state index is 0.118. The van der Waals surface area contributed by atoms with E-state index < -0.39 is 11.6 Å². The summed E-state index contributed by atoms with van der Waals surface area (Å²) in [4.78, 5) is 12.0. The van der Waals surface area contributed by atoms with E-state index in [1.54, 1.807) is 0 Å². The van der Waals surface area contributed by atoms with Crippen LogP contribution in [0.15, 0.2) is 23.1 Å². The second kappa shape index (κ2) is 8.87. The number of nitrogens with one attached hydrogen (secondary N) is 2. The summed E-state index contributed by atoms with van der Waals surface area (Å²) in [6.45, 7) is 4.30. The van der Waals surface area contributed by atoms with E-state index in [1.807, 2.05) is 0 Å². The van der Waals surface area contributed by atoms with Crippen LogP contribution in [-0.2, 0) is 4.79 Å². The van der Waals surface area contributed by atoms with Gasteiger partial charge in [0.05, 0.1) is 5.75 Å². The third-order valence-corrected chi connectivity index (χ3v) is 3.31. The lowest BCUT2D eigenvalue weighted by Gasteiger charge is -2.06. The molecule has 0 unspecified atom stereocenters. The van der Waals surface area contributed by atoms with E-state index in [0.29, 0.717) is 11.4 Å². The molecule has 0 aliphatic carbocycles. The Balaban J connectivity index is 2.20. The smallest absolute Gasteiger partial charge is 0.230 e. The molecule has 0 fully saturated rings. The second-order valence-corrected chi connectivity index (χ2v) is 5.01. The molecule has 19 heavy (non-hydrogen) atoms. The van der Waals surface area contributed by atoms with E-state index in [1.165, 1.54) is 17.8 Å². The summed E-state index contributed by atoms with van der Waals surface area (Å²) in [5.41, 5.74) is 0. The van der Waals surface area contributed by atoms with E-state index in [0.717, 1.165) is 31.6 Å². The first-order valence-electron chi connectivity index (χ1n) is 6.18. The van der Waals surface area contributed by atoms with Crippen molar-refractivity contribution in [2.24, 2.45) is 0 Å². The van der Waals surface area contributed by atoms with Crippen LogP contribution in [0.2, 0.25) is 0 Å². The number of carbonyl (C=O) groups excluding carboxylic acids is 1. The van der Waals surface area contributed by atoms with Crippen molar-refractivity contribution in [1.29, 1.82) is 0 Å². The van der Waals surface area contributed by atoms with Crippen LogP contribution in [0.1, 0.15) is 13.3 Å². The molecule has 6 heteroatoms. The lowest BCUT2D eigenvalue weighted by molar-refractivity contribution is -0.118. The van der Waals surface area contributed by atoms with E-state index >= 15 is 0 Å². The second-order valence-electron chi connectivity index (χ2n) is 3.96. The van der Waals surface area contributed by atoms with E-state index in [9.17, 15) is 13.6 Å². The Morgan fingerprint density at radius 1 is 1.21 bits per heavy atom. The number of halogens is 2. The third-order valence-electron chi connectivity index (χ3n) is 2.31. The van der Waals surface area contributed by atoms with Gasteiger partial charge in [0.2, 0.25) is 5.91 Å². The Bertz CT molecular complexity index is 416. The molecule has 0 bridgehead atoms. The Labute approximate surface area is 116 Å². The van der Waals surface area contributed by atoms with Gasteiger partial charge < -0.3 is 10.6 Å². The number of amides is 1. The monoisotopic (exact) mass is 288 g/mol. The zero-order valence-corrected chi connectivity index (χ0v) is 11.7. The van der Waals surface area contributed by atoms with Gasteiger partial charge in [0.1, 0.15) is 0 Å². The fraction of sp³-hybridized carbons (Fsp3) is 0.462. The van der Waals surface area contributed by atoms with Crippen molar-refractivity contribution in [3.63, 3.8) is 0 Å². The Morgan fingerprint density at radius 3 is 2.68 bits per heavy atom. The molecular formula is C13H18F2N2OS. The molecule has 0 atom stereocenters. The van der Waals surface area contributed by atoms with Crippen LogP contribution in [0.4, 0.5) is 8.78 Å². The molecule has 0 aliphatic heterocycles. The predicted molar refractivity (Wildman–Crippen MR) is 73.3 cm³/mol. The zero-order valence-electron chi connectivity index (χ0n) is 10.8. The summed E-state index contributed by atoms with van der Waals surface area (Å²) < 4.78 is 25.6. The molecule has 0 aliphatic rings. The van der Waals surface area contributed by atoms with Gasteiger partial charge in [-0.05, 0) is 31.2 Å². The van der Waals surface area contributed by atoms with Crippen molar-refractivity contribution >= 4 is 17.7 Å². The van der Waals surface area contributed by atoms with Crippen LogP contribution in [0, 0.1) is 11.6 Å². The summed E-state index contributed by atoms with van der Waals surface area (Å²) in [6.07, 6.45) is 1.06. The molecular weight excluding hydrogens is 270 g/mol. The molecule has 0 aromatic heterocycles. The summed E-state index contributed by atoms with van der Waals surface area (Å²) >= 11 is 1.18. The quantitative estimate of drug-likeness (QED) is 0.569. The van der Waals surface area contributed by atoms with Gasteiger partial charge in [0, 0.05) is 18.0 Å². The van der Waals surface area contributed by atoms with Crippen molar-refractivity contribution in [2.75, 3.05) is 25.4 Å². The normalized spacial score (nSPS) is 10.5. The molecule has 106 valence electrons. The van der Waals surface area contributed by atoms with Crippen molar-refractivity contribution < 1.29 is 13.6 Å². The summed E-state index contributed by atoms with van der Waals surface area (Å²) in [5.74, 6) is -1.70. The molecule has 2 N–H and O–H groups in total. The number of thioether (sulfide) groups is 1. The van der Waals surface area contributed by atoms with E-state index in [2.05, 4.69) is 17.6 Å². The summed E-state index contributed by atoms with van der Waals surface area (Å²) in [5, 5.41) is 5.91. The van der Waals surface area contributed by atoms with Gasteiger partial charge in [-0.15, -0.1) is 11.8 Å². The highest BCUT2D eigenvalue weighted by molar-refractivity contribution is 8.00. The lowest BCUT2D eigenvalue weighted by Crippen LogP contribution is -2.33. The highest BCUT2D eigenvalue weighted by Gasteiger charge is 2.05. The molecule has 1 aromatic carbocycles. The first-order valence-corrected chi connectivity index (χ1v) is 7.17. The van der Waals surface area contributed by atoms with Gasteiger partial charge in [-0.25, -0.2) is 8.78 Å². The number of carbonyl (C=O) groups is 1. The van der Waals surface area contributed by atoms with Crippen molar-refractivity contribution in [3.8, 4) is 0 Å². The van der Waals surface area contributed by atoms with Gasteiger partial charge in [0.15, 0.2) is 11.6 Å². The van der Waals surface area contributed by atoms with E-state index in [-0.39, 0.29) is 11.7 Å². The fourth-order valence-corrected chi connectivity index (χ4v) is 2.11. The topological polar surface area (TPSA) is 41.1 Å². The standard InChI is InChI=1S/C13H18F2N2OS/c1-2-5-16-6-7-17-13(18)9-19-10-3-4-11(14)12(15)8-10/h3-4,8,16H,2,5-7,9H2,1H3,(H,17,18). The van der Waals surface area contributed by atoms with Crippen LogP contribution < -0.4 is 10.6 Å². The average molecular weight is 288 g/mol. The third kappa shape index (κ3) is 6.54. The molecule has 0 saturated heterocycles. The molecule has 0 heterocycles. The van der Waals surface area contributed by atoms with Gasteiger partial charge in [-0.1, -0.05) is 6.92 Å². The van der Waals surface area contributed by atoms with Crippen LogP contribution in [0.3, 0.4) is 0 Å². The summed E-state index contributed by atoms with van der Waals surface area (Å²) in [6, 6.07) is 3.61. The minimum Gasteiger partial charge on any atom is -0.354 e. The highest BCUT2D eigenvalue weighted by atomic mass is 32.2. The van der Waals surface area contributed by atoms with Crippen LogP contribution in [0.25, 0.3) is 0 Å². The Hall–Kier alpha value is -1.14. The molecule has 1 rings (SSSR count). The van der Waals surface area contributed by atoms with Gasteiger partial charge in [-0.3, -0.25) is 4.79 Å². The molecule has 1 aromatic rings. The fourth-order valence-electron chi connectivity index (χ4n) is 1.36. The first kappa shape index (κ1) is 15.9. The van der Waals surface area contributed by atoms with Crippen LogP contribution >= 0.6 is 11.8 Å². The molecule has 1 amide bonds. The largest absolute Gasteiger partial charge is 0.354 e. The molecule has 0 spiro atoms. The Morgan fingerprint density at radius 2 is 2.00 bits per heavy atom. The van der Waals surface area contributed by atoms with Crippen molar-refractivity contribution in [3.05, 3.63) is 29.8 Å². The maximum absolute atomic E-state index is 12.9. The SMILES string of the molecule is CCCNCCNC(=O)CSc1ccc(F)c(F)c1. The molecule has 3 nitrogen and oxygen atoms in total. The number of benzene rings is 1. The number of hydrogen-bond donors (Lipinski definition) is 2. The van der Waals surface area contributed by atoms with E-state index in [4.69, 9.17) is 0 Å². The molecule has 0 radical (unpaired) electrons. The van der Waals surface area contributed by atoms with Gasteiger partial charge >= 0.3 is 0 Å². The number of hydrogen-bond acceptors (Lipinski definition) is 3.